The minimum absolute atomic E-state index is 0.130. The van der Waals surface area contributed by atoms with E-state index >= 15 is 0 Å². The average molecular weight is 372 g/mol. The molecule has 2 amide bonds. The number of aliphatic hydroxyl groups is 1. The first-order valence-corrected chi connectivity index (χ1v) is 8.73. The second-order valence-electron chi connectivity index (χ2n) is 6.07. The van der Waals surface area contributed by atoms with Crippen molar-refractivity contribution in [1.82, 2.24) is 5.32 Å². The first kappa shape index (κ1) is 18.0. The van der Waals surface area contributed by atoms with Crippen molar-refractivity contribution >= 4 is 38.9 Å². The van der Waals surface area contributed by atoms with Gasteiger partial charge in [0.1, 0.15) is 11.4 Å². The van der Waals surface area contributed by atoms with Crippen molar-refractivity contribution in [2.24, 2.45) is 0 Å². The van der Waals surface area contributed by atoms with Crippen LogP contribution in [0.15, 0.2) is 54.6 Å². The summed E-state index contributed by atoms with van der Waals surface area (Å²) in [5.74, 6) is -2.35. The van der Waals surface area contributed by atoms with Crippen LogP contribution in [0.25, 0.3) is 10.1 Å². The van der Waals surface area contributed by atoms with E-state index in [-0.39, 0.29) is 12.2 Å². The van der Waals surface area contributed by atoms with E-state index in [4.69, 9.17) is 0 Å². The zero-order chi connectivity index (χ0) is 18.7. The highest BCUT2D eigenvalue weighted by molar-refractivity contribution is 7.19. The van der Waals surface area contributed by atoms with E-state index in [1.54, 1.807) is 6.92 Å². The summed E-state index contributed by atoms with van der Waals surface area (Å²) in [5, 5.41) is 16.4. The lowest BCUT2D eigenvalue weighted by Gasteiger charge is -2.22. The number of thiophene rings is 1. The smallest absolute Gasteiger partial charge is 0.313 e. The van der Waals surface area contributed by atoms with Gasteiger partial charge in [-0.2, -0.15) is 0 Å². The maximum absolute atomic E-state index is 13.1. The third-order valence-corrected chi connectivity index (χ3v) is 5.21. The van der Waals surface area contributed by atoms with Gasteiger partial charge in [0.2, 0.25) is 0 Å². The zero-order valence-electron chi connectivity index (χ0n) is 14.0. The molecule has 0 fully saturated rings. The predicted octanol–water partition coefficient (Wildman–Crippen LogP) is 3.00. The molecule has 1 aromatic heterocycles. The molecule has 26 heavy (non-hydrogen) atoms. The largest absolute Gasteiger partial charge is 0.383 e. The molecular formula is C19H17FN2O3S. The third-order valence-electron chi connectivity index (χ3n) is 3.84. The van der Waals surface area contributed by atoms with E-state index in [1.165, 1.54) is 29.5 Å². The molecule has 7 heteroatoms. The molecular weight excluding hydrogens is 355 g/mol. The topological polar surface area (TPSA) is 78.4 Å². The van der Waals surface area contributed by atoms with Gasteiger partial charge in [-0.25, -0.2) is 4.39 Å². The Balaban J connectivity index is 1.63. The van der Waals surface area contributed by atoms with Crippen LogP contribution in [-0.2, 0) is 15.2 Å². The van der Waals surface area contributed by atoms with Gasteiger partial charge in [-0.1, -0.05) is 24.3 Å². The number of carbonyl (C=O) groups excluding carboxylic acids is 2. The van der Waals surface area contributed by atoms with Crippen molar-refractivity contribution in [1.29, 1.82) is 0 Å². The number of rotatable bonds is 4. The van der Waals surface area contributed by atoms with Crippen molar-refractivity contribution in [3.05, 3.63) is 65.3 Å². The molecule has 0 aliphatic carbocycles. The van der Waals surface area contributed by atoms with Crippen molar-refractivity contribution in [2.75, 3.05) is 11.9 Å². The normalized spacial score (nSPS) is 13.2. The van der Waals surface area contributed by atoms with Gasteiger partial charge in [0.05, 0.1) is 6.54 Å². The van der Waals surface area contributed by atoms with Gasteiger partial charge in [0.25, 0.3) is 0 Å². The van der Waals surface area contributed by atoms with E-state index in [0.29, 0.717) is 4.88 Å². The molecule has 3 rings (SSSR count). The van der Waals surface area contributed by atoms with E-state index in [0.717, 1.165) is 16.2 Å². The van der Waals surface area contributed by atoms with Gasteiger partial charge in [-0.15, -0.1) is 11.3 Å². The fraction of sp³-hybridized carbons (Fsp3) is 0.158. The minimum atomic E-state index is -1.32. The molecule has 1 atom stereocenters. The molecule has 0 aliphatic rings. The second-order valence-corrected chi connectivity index (χ2v) is 7.15. The number of fused-ring (bicyclic) bond motifs is 1. The van der Waals surface area contributed by atoms with E-state index in [1.807, 2.05) is 30.3 Å². The number of anilines is 1. The summed E-state index contributed by atoms with van der Waals surface area (Å²) in [5.41, 5.74) is -1.14. The van der Waals surface area contributed by atoms with Crippen LogP contribution in [0.1, 0.15) is 11.8 Å². The van der Waals surface area contributed by atoms with Gasteiger partial charge in [-0.05, 0) is 42.6 Å². The summed E-state index contributed by atoms with van der Waals surface area (Å²) in [6.45, 7) is 1.44. The molecule has 1 heterocycles. The molecule has 0 bridgehead atoms. The maximum Gasteiger partial charge on any atom is 0.313 e. The minimum Gasteiger partial charge on any atom is -0.383 e. The highest BCUT2D eigenvalue weighted by atomic mass is 32.1. The number of nitrogens with one attached hydrogen (secondary N) is 2. The van der Waals surface area contributed by atoms with Crippen molar-refractivity contribution in [3.8, 4) is 0 Å². The Morgan fingerprint density at radius 2 is 1.88 bits per heavy atom. The average Bonchev–Trinajstić information content (AvgIpc) is 3.05. The lowest BCUT2D eigenvalue weighted by atomic mass is 10.0. The van der Waals surface area contributed by atoms with Crippen LogP contribution in [-0.4, -0.2) is 23.5 Å². The standard InChI is InChI=1S/C19H17FN2O3S/c1-19(25,16-9-12-5-2-3-8-15(12)26-16)11-21-17(23)18(24)22-14-7-4-6-13(20)10-14/h2-10,25H,11H2,1H3,(H,21,23)(H,22,24). The Labute approximate surface area is 153 Å². The van der Waals surface area contributed by atoms with Crippen LogP contribution in [0.3, 0.4) is 0 Å². The third kappa shape index (κ3) is 4.07. The van der Waals surface area contributed by atoms with E-state index in [2.05, 4.69) is 10.6 Å². The number of benzene rings is 2. The quantitative estimate of drug-likeness (QED) is 0.616. The number of hydrogen-bond donors (Lipinski definition) is 3. The Morgan fingerprint density at radius 3 is 2.62 bits per heavy atom. The molecule has 1 unspecified atom stereocenters. The molecule has 2 aromatic carbocycles. The van der Waals surface area contributed by atoms with Gasteiger partial charge in [-0.3, -0.25) is 9.59 Å². The first-order valence-electron chi connectivity index (χ1n) is 7.91. The van der Waals surface area contributed by atoms with E-state index < -0.39 is 23.2 Å². The fourth-order valence-electron chi connectivity index (χ4n) is 2.42. The van der Waals surface area contributed by atoms with Crippen LogP contribution >= 0.6 is 11.3 Å². The van der Waals surface area contributed by atoms with Crippen LogP contribution in [0.4, 0.5) is 10.1 Å². The summed E-state index contributed by atoms with van der Waals surface area (Å²) in [6.07, 6.45) is 0. The van der Waals surface area contributed by atoms with Gasteiger partial charge >= 0.3 is 11.8 Å². The molecule has 3 aromatic rings. The maximum atomic E-state index is 13.1. The highest BCUT2D eigenvalue weighted by Gasteiger charge is 2.27. The Morgan fingerprint density at radius 1 is 1.12 bits per heavy atom. The highest BCUT2D eigenvalue weighted by Crippen LogP contribution is 2.32. The lowest BCUT2D eigenvalue weighted by Crippen LogP contribution is -2.42. The Kier molecular flexibility index (Phi) is 5.01. The summed E-state index contributed by atoms with van der Waals surface area (Å²) < 4.78 is 14.1. The summed E-state index contributed by atoms with van der Waals surface area (Å²) >= 11 is 1.42. The van der Waals surface area contributed by atoms with Crippen LogP contribution in [0, 0.1) is 5.82 Å². The first-order chi connectivity index (χ1) is 12.3. The molecule has 3 N–H and O–H groups in total. The van der Waals surface area contributed by atoms with Crippen LogP contribution < -0.4 is 10.6 Å². The van der Waals surface area contributed by atoms with Crippen molar-refractivity contribution < 1.29 is 19.1 Å². The Bertz CT molecular complexity index is 935. The number of carbonyl (C=O) groups is 2. The Hall–Kier alpha value is -2.77. The number of amides is 2. The van der Waals surface area contributed by atoms with Gasteiger partial charge in [0, 0.05) is 15.3 Å². The molecule has 0 radical (unpaired) electrons. The molecule has 0 saturated carbocycles. The summed E-state index contributed by atoms with van der Waals surface area (Å²) in [6, 6.07) is 14.8. The molecule has 0 spiro atoms. The van der Waals surface area contributed by atoms with Crippen molar-refractivity contribution in [3.63, 3.8) is 0 Å². The lowest BCUT2D eigenvalue weighted by molar-refractivity contribution is -0.136. The summed E-state index contributed by atoms with van der Waals surface area (Å²) in [7, 11) is 0. The second kappa shape index (κ2) is 7.23. The van der Waals surface area contributed by atoms with Crippen molar-refractivity contribution in [2.45, 2.75) is 12.5 Å². The van der Waals surface area contributed by atoms with Crippen LogP contribution in [0.5, 0.6) is 0 Å². The van der Waals surface area contributed by atoms with Gasteiger partial charge < -0.3 is 15.7 Å². The summed E-state index contributed by atoms with van der Waals surface area (Å²) in [4.78, 5) is 24.5. The fourth-order valence-corrected chi connectivity index (χ4v) is 3.53. The molecule has 5 nitrogen and oxygen atoms in total. The SMILES string of the molecule is CC(O)(CNC(=O)C(=O)Nc1cccc(F)c1)c1cc2ccccc2s1. The van der Waals surface area contributed by atoms with Crippen LogP contribution in [0.2, 0.25) is 0 Å². The predicted molar refractivity (Wildman–Crippen MR) is 99.4 cm³/mol. The zero-order valence-corrected chi connectivity index (χ0v) is 14.8. The number of hydrogen-bond acceptors (Lipinski definition) is 4. The molecule has 134 valence electrons. The van der Waals surface area contributed by atoms with Gasteiger partial charge in [0.15, 0.2) is 0 Å². The molecule has 0 aliphatic heterocycles. The monoisotopic (exact) mass is 372 g/mol. The molecule has 0 saturated heterocycles. The van der Waals surface area contributed by atoms with E-state index in [9.17, 15) is 19.1 Å². The number of halogens is 1.